The van der Waals surface area contributed by atoms with Crippen LogP contribution < -0.4 is 4.90 Å². The Morgan fingerprint density at radius 2 is 2.00 bits per heavy atom. The highest BCUT2D eigenvalue weighted by atomic mass is 35.5. The fourth-order valence-electron chi connectivity index (χ4n) is 4.65. The van der Waals surface area contributed by atoms with E-state index in [2.05, 4.69) is 0 Å². The predicted molar refractivity (Wildman–Crippen MR) is 98.2 cm³/mol. The van der Waals surface area contributed by atoms with Gasteiger partial charge < -0.3 is 9.47 Å². The molecule has 2 saturated heterocycles. The average Bonchev–Trinajstić information content (AvgIpc) is 2.89. The molecular weight excluding hydrogens is 386 g/mol. The summed E-state index contributed by atoms with van der Waals surface area (Å²) in [6.45, 7) is 4.90. The first-order chi connectivity index (χ1) is 13.2. The number of benzene rings is 1. The first kappa shape index (κ1) is 18.7. The van der Waals surface area contributed by atoms with Crippen molar-refractivity contribution in [3.05, 3.63) is 40.4 Å². The molecule has 0 saturated carbocycles. The van der Waals surface area contributed by atoms with Crippen molar-refractivity contribution in [1.29, 1.82) is 0 Å². The lowest BCUT2D eigenvalue weighted by molar-refractivity contribution is -0.184. The first-order valence-corrected chi connectivity index (χ1v) is 9.34. The van der Waals surface area contributed by atoms with E-state index in [1.807, 2.05) is 0 Å². The summed E-state index contributed by atoms with van der Waals surface area (Å²) in [7, 11) is 0. The van der Waals surface area contributed by atoms with E-state index in [0.29, 0.717) is 16.3 Å². The summed E-state index contributed by atoms with van der Waals surface area (Å²) in [5, 5.41) is 0.371. The molecule has 1 aliphatic carbocycles. The maximum absolute atomic E-state index is 13.3. The number of carbonyl (C=O) groups is 4. The average molecular weight is 404 g/mol. The summed E-state index contributed by atoms with van der Waals surface area (Å²) in [5.41, 5.74) is -0.694. The summed E-state index contributed by atoms with van der Waals surface area (Å²) in [5.74, 6) is -4.29. The van der Waals surface area contributed by atoms with Gasteiger partial charge in [0.2, 0.25) is 11.8 Å². The minimum Gasteiger partial charge on any atom is -0.463 e. The summed E-state index contributed by atoms with van der Waals surface area (Å²) >= 11 is 6.02. The Hall–Kier alpha value is -2.67. The molecule has 8 heteroatoms. The molecule has 28 heavy (non-hydrogen) atoms. The van der Waals surface area contributed by atoms with Gasteiger partial charge >= 0.3 is 11.9 Å². The molecule has 3 aliphatic heterocycles. The van der Waals surface area contributed by atoms with Crippen LogP contribution >= 0.6 is 11.6 Å². The number of esters is 2. The number of hydrogen-bond acceptors (Lipinski definition) is 6. The number of ether oxygens (including phenoxy) is 2. The van der Waals surface area contributed by atoms with Gasteiger partial charge in [0.05, 0.1) is 29.7 Å². The molecule has 2 bridgehead atoms. The monoisotopic (exact) mass is 403 g/mol. The lowest BCUT2D eigenvalue weighted by Gasteiger charge is -2.48. The number of hydrogen-bond donors (Lipinski definition) is 0. The summed E-state index contributed by atoms with van der Waals surface area (Å²) in [4.78, 5) is 52.9. The molecule has 4 aliphatic rings. The van der Waals surface area contributed by atoms with Crippen molar-refractivity contribution in [2.24, 2.45) is 17.3 Å². The Labute approximate surface area is 166 Å². The van der Waals surface area contributed by atoms with Gasteiger partial charge in [-0.1, -0.05) is 17.7 Å². The van der Waals surface area contributed by atoms with Gasteiger partial charge in [0.1, 0.15) is 11.5 Å². The van der Waals surface area contributed by atoms with Gasteiger partial charge in [-0.2, -0.15) is 0 Å². The van der Waals surface area contributed by atoms with Gasteiger partial charge in [0.25, 0.3) is 0 Å². The second kappa shape index (κ2) is 6.17. The van der Waals surface area contributed by atoms with Crippen LogP contribution in [0, 0.1) is 17.3 Å². The van der Waals surface area contributed by atoms with Crippen LogP contribution in [0.1, 0.15) is 20.8 Å². The number of anilines is 1. The molecule has 0 radical (unpaired) electrons. The van der Waals surface area contributed by atoms with Crippen molar-refractivity contribution >= 4 is 41.0 Å². The van der Waals surface area contributed by atoms with Crippen LogP contribution in [0.3, 0.4) is 0 Å². The van der Waals surface area contributed by atoms with Crippen molar-refractivity contribution < 1.29 is 28.7 Å². The highest BCUT2D eigenvalue weighted by Crippen LogP contribution is 2.58. The Morgan fingerprint density at radius 3 is 2.64 bits per heavy atom. The Morgan fingerprint density at radius 1 is 1.29 bits per heavy atom. The Balaban J connectivity index is 1.86. The van der Waals surface area contributed by atoms with Crippen molar-refractivity contribution in [2.75, 3.05) is 11.5 Å². The van der Waals surface area contributed by atoms with Crippen LogP contribution in [-0.2, 0) is 28.7 Å². The van der Waals surface area contributed by atoms with E-state index in [1.165, 1.54) is 13.0 Å². The second-order valence-electron chi connectivity index (χ2n) is 7.30. The van der Waals surface area contributed by atoms with E-state index in [-0.39, 0.29) is 12.2 Å². The number of carbonyl (C=O) groups excluding carboxylic acids is 4. The fourth-order valence-corrected chi connectivity index (χ4v) is 4.84. The molecule has 3 heterocycles. The van der Waals surface area contributed by atoms with Gasteiger partial charge in [-0.15, -0.1) is 0 Å². The Kier molecular flexibility index (Phi) is 4.12. The third-order valence-electron chi connectivity index (χ3n) is 5.84. The van der Waals surface area contributed by atoms with Crippen molar-refractivity contribution in [1.82, 2.24) is 0 Å². The lowest BCUT2D eigenvalue weighted by Crippen LogP contribution is -2.60. The van der Waals surface area contributed by atoms with E-state index in [4.69, 9.17) is 21.1 Å². The van der Waals surface area contributed by atoms with Gasteiger partial charge in [-0.05, 0) is 44.5 Å². The normalized spacial score (nSPS) is 31.2. The first-order valence-electron chi connectivity index (χ1n) is 8.96. The van der Waals surface area contributed by atoms with E-state index in [9.17, 15) is 19.2 Å². The van der Waals surface area contributed by atoms with E-state index >= 15 is 0 Å². The molecule has 0 N–H and O–H groups in total. The van der Waals surface area contributed by atoms with Gasteiger partial charge in [0, 0.05) is 5.02 Å². The fraction of sp³-hybridized carbons (Fsp3) is 0.400. The minimum absolute atomic E-state index is 0.117. The summed E-state index contributed by atoms with van der Waals surface area (Å²) in [6.07, 6.45) is -0.973. The number of imide groups is 1. The molecule has 0 unspecified atom stereocenters. The predicted octanol–water partition coefficient (Wildman–Crippen LogP) is 2.27. The van der Waals surface area contributed by atoms with Crippen molar-refractivity contribution in [2.45, 2.75) is 26.9 Å². The van der Waals surface area contributed by atoms with E-state index < -0.39 is 47.1 Å². The number of fused-ring (bicyclic) bond motifs is 1. The van der Waals surface area contributed by atoms with Crippen LogP contribution in [0.15, 0.2) is 35.4 Å². The highest BCUT2D eigenvalue weighted by Gasteiger charge is 2.71. The topological polar surface area (TPSA) is 90.0 Å². The Bertz CT molecular complexity index is 969. The molecule has 1 aromatic rings. The zero-order valence-corrected chi connectivity index (χ0v) is 16.3. The summed E-state index contributed by atoms with van der Waals surface area (Å²) in [6, 6.07) is 6.36. The number of amides is 2. The van der Waals surface area contributed by atoms with Gasteiger partial charge in [0.15, 0.2) is 0 Å². The number of nitrogens with zero attached hydrogens (tertiary/aromatic N) is 1. The molecule has 2 fully saturated rings. The third-order valence-corrected chi connectivity index (χ3v) is 6.08. The SMILES string of the molecule is CCOC(=O)C1=C(C)[C@H]2OC(=O)[C@@]1(C)[C@H]1C(=O)N(c3cccc(Cl)c3)C(=O)[C@@H]21. The van der Waals surface area contributed by atoms with E-state index in [0.717, 1.165) is 4.90 Å². The molecule has 2 amide bonds. The van der Waals surface area contributed by atoms with Crippen molar-refractivity contribution in [3.63, 3.8) is 0 Å². The zero-order chi connectivity index (χ0) is 20.4. The molecule has 0 spiro atoms. The molecule has 7 nitrogen and oxygen atoms in total. The quantitative estimate of drug-likeness (QED) is 0.568. The van der Waals surface area contributed by atoms with Crippen LogP contribution in [0.25, 0.3) is 0 Å². The molecule has 1 aromatic carbocycles. The standard InChI is InChI=1S/C20H18ClNO6/c1-4-27-18(25)13-9(2)15-12-14(20(13,3)19(26)28-15)17(24)22(16(12)23)11-7-5-6-10(21)8-11/h5-8,12,14-15H,4H2,1-3H3/t12-,14-,15-,20-/m1/s1. The van der Waals surface area contributed by atoms with Crippen LogP contribution in [0.2, 0.25) is 5.02 Å². The van der Waals surface area contributed by atoms with Gasteiger partial charge in [-0.3, -0.25) is 14.4 Å². The van der Waals surface area contributed by atoms with Crippen molar-refractivity contribution in [3.8, 4) is 0 Å². The van der Waals surface area contributed by atoms with E-state index in [1.54, 1.807) is 32.0 Å². The number of halogens is 1. The highest BCUT2D eigenvalue weighted by molar-refractivity contribution is 6.31. The minimum atomic E-state index is -1.59. The largest absolute Gasteiger partial charge is 0.463 e. The second-order valence-corrected chi connectivity index (χ2v) is 7.74. The zero-order valence-electron chi connectivity index (χ0n) is 15.5. The van der Waals surface area contributed by atoms with Gasteiger partial charge in [-0.25, -0.2) is 9.69 Å². The molecular formula is C20H18ClNO6. The van der Waals surface area contributed by atoms with Crippen LogP contribution in [-0.4, -0.2) is 36.5 Å². The maximum atomic E-state index is 13.3. The molecule has 0 aromatic heterocycles. The molecule has 146 valence electrons. The maximum Gasteiger partial charge on any atom is 0.335 e. The summed E-state index contributed by atoms with van der Waals surface area (Å²) < 4.78 is 10.6. The number of rotatable bonds is 3. The third kappa shape index (κ3) is 2.22. The molecule has 5 rings (SSSR count). The van der Waals surface area contributed by atoms with Crippen LogP contribution in [0.4, 0.5) is 5.69 Å². The smallest absolute Gasteiger partial charge is 0.335 e. The van der Waals surface area contributed by atoms with Crippen LogP contribution in [0.5, 0.6) is 0 Å². The molecule has 4 atom stereocenters. The lowest BCUT2D eigenvalue weighted by atomic mass is 9.57.